The van der Waals surface area contributed by atoms with Crippen LogP contribution in [-0.2, 0) is 16.3 Å². The quantitative estimate of drug-likeness (QED) is 0.191. The van der Waals surface area contributed by atoms with Crippen LogP contribution in [0.2, 0.25) is 19.6 Å². The summed E-state index contributed by atoms with van der Waals surface area (Å²) in [6.07, 6.45) is 1.51. The average molecular weight is 639 g/mol. The predicted molar refractivity (Wildman–Crippen MR) is 159 cm³/mol. The first-order valence-corrected chi connectivity index (χ1v) is 19.1. The topological polar surface area (TPSA) is 34.1 Å². The molecule has 2 heterocycles. The highest BCUT2D eigenvalue weighted by atomic mass is 32.2. The highest BCUT2D eigenvalue weighted by molar-refractivity contribution is 8.06. The second-order valence-corrected chi connectivity index (χ2v) is 19.8. The first kappa shape index (κ1) is 30.6. The normalized spacial score (nSPS) is 20.8. The van der Waals surface area contributed by atoms with Crippen molar-refractivity contribution in [3.05, 3.63) is 104 Å². The minimum atomic E-state index is -5.80. The number of sulfone groups is 1. The van der Waals surface area contributed by atoms with E-state index in [-0.39, 0.29) is 21.8 Å². The highest BCUT2D eigenvalue weighted by Gasteiger charge is 2.81. The van der Waals surface area contributed by atoms with E-state index in [2.05, 4.69) is 0 Å². The van der Waals surface area contributed by atoms with E-state index < -0.39 is 62.5 Å². The van der Waals surface area contributed by atoms with E-state index in [0.717, 1.165) is 17.4 Å². The largest absolute Gasteiger partial charge is 0.380 e. The van der Waals surface area contributed by atoms with Crippen LogP contribution in [0.1, 0.15) is 29.3 Å². The van der Waals surface area contributed by atoms with E-state index in [1.165, 1.54) is 18.2 Å². The maximum Gasteiger partial charge on any atom is 0.380 e. The molecule has 2 nitrogen and oxygen atoms in total. The summed E-state index contributed by atoms with van der Waals surface area (Å²) in [6, 6.07) is 17.5. The Labute approximate surface area is 246 Å². The molecule has 0 atom stereocenters. The first-order chi connectivity index (χ1) is 19.5. The third kappa shape index (κ3) is 4.46. The Hall–Kier alpha value is -2.89. The predicted octanol–water partition coefficient (Wildman–Crippen LogP) is 9.64. The van der Waals surface area contributed by atoms with E-state index in [1.807, 2.05) is 0 Å². The summed E-state index contributed by atoms with van der Waals surface area (Å²) >= 11 is 1.07. The Morgan fingerprint density at radius 1 is 0.786 bits per heavy atom. The summed E-state index contributed by atoms with van der Waals surface area (Å²) in [5, 5.41) is 0. The molecule has 2 aromatic carbocycles. The molecule has 1 aromatic heterocycles. The number of allylic oxidation sites excluding steroid dienone is 4. The number of aryl methyl sites for hydroxylation is 1. The summed E-state index contributed by atoms with van der Waals surface area (Å²) in [5.41, 5.74) is -3.51. The van der Waals surface area contributed by atoms with Crippen molar-refractivity contribution in [2.24, 2.45) is 0 Å². The SMILES string of the molecule is CCCc1sc(-c2ccccc2)cc1C1=C(C2=C([Si](C)(C)C)S(=O)(=O)C(c3ccccc3)=C2)C(F)(F)C(F)(F)C1(F)F. The molecule has 0 unspecified atom stereocenters. The van der Waals surface area contributed by atoms with Gasteiger partial charge in [-0.25, -0.2) is 8.42 Å². The van der Waals surface area contributed by atoms with Crippen LogP contribution in [0.15, 0.2) is 88.5 Å². The van der Waals surface area contributed by atoms with Crippen LogP contribution in [0.4, 0.5) is 26.3 Å². The van der Waals surface area contributed by atoms with Gasteiger partial charge in [0, 0.05) is 25.4 Å². The number of hydrogen-bond donors (Lipinski definition) is 0. The molecule has 0 saturated carbocycles. The van der Waals surface area contributed by atoms with Crippen molar-refractivity contribution >= 4 is 39.7 Å². The van der Waals surface area contributed by atoms with Gasteiger partial charge in [0.25, 0.3) is 0 Å². The number of halogens is 6. The summed E-state index contributed by atoms with van der Waals surface area (Å²) < 4.78 is 122. The minimum Gasteiger partial charge on any atom is -0.219 e. The van der Waals surface area contributed by atoms with Gasteiger partial charge in [0.05, 0.1) is 13.0 Å². The van der Waals surface area contributed by atoms with Crippen LogP contribution in [0.25, 0.3) is 20.9 Å². The Kier molecular flexibility index (Phi) is 7.34. The van der Waals surface area contributed by atoms with E-state index >= 15 is 26.3 Å². The molecule has 5 rings (SSSR count). The van der Waals surface area contributed by atoms with Gasteiger partial charge in [-0.1, -0.05) is 93.6 Å². The zero-order valence-corrected chi connectivity index (χ0v) is 25.9. The van der Waals surface area contributed by atoms with Crippen LogP contribution < -0.4 is 0 Å². The molecule has 0 spiro atoms. The van der Waals surface area contributed by atoms with E-state index in [9.17, 15) is 8.42 Å². The van der Waals surface area contributed by atoms with Gasteiger partial charge in [0.15, 0.2) is 9.84 Å². The lowest BCUT2D eigenvalue weighted by atomic mass is 9.93. The molecule has 0 radical (unpaired) electrons. The summed E-state index contributed by atoms with van der Waals surface area (Å²) in [6.45, 7) is 6.45. The zero-order chi connectivity index (χ0) is 30.9. The van der Waals surface area contributed by atoms with Gasteiger partial charge in [0.2, 0.25) is 0 Å². The molecule has 0 bridgehead atoms. The van der Waals surface area contributed by atoms with Crippen LogP contribution in [0, 0.1) is 0 Å². The Balaban J connectivity index is 1.93. The summed E-state index contributed by atoms with van der Waals surface area (Å²) in [7, 11) is -7.61. The molecule has 2 aliphatic rings. The molecule has 0 saturated heterocycles. The van der Waals surface area contributed by atoms with Crippen molar-refractivity contribution in [3.8, 4) is 10.4 Å². The Morgan fingerprint density at radius 3 is 1.83 bits per heavy atom. The third-order valence-corrected chi connectivity index (χ3v) is 14.6. The van der Waals surface area contributed by atoms with Gasteiger partial charge in [-0.3, -0.25) is 0 Å². The van der Waals surface area contributed by atoms with Crippen LogP contribution >= 0.6 is 11.3 Å². The van der Waals surface area contributed by atoms with Gasteiger partial charge in [-0.2, -0.15) is 26.3 Å². The smallest absolute Gasteiger partial charge is 0.219 e. The van der Waals surface area contributed by atoms with Crippen molar-refractivity contribution in [3.63, 3.8) is 0 Å². The second-order valence-electron chi connectivity index (χ2n) is 11.4. The van der Waals surface area contributed by atoms with Gasteiger partial charge in [0.1, 0.15) is 0 Å². The van der Waals surface area contributed by atoms with Crippen LogP contribution in [0.3, 0.4) is 0 Å². The summed E-state index contributed by atoms with van der Waals surface area (Å²) in [4.78, 5) is 0.329. The van der Waals surface area contributed by atoms with E-state index in [1.54, 1.807) is 75.1 Å². The molecule has 1 aliphatic carbocycles. The molecule has 1 aliphatic heterocycles. The molecule has 0 amide bonds. The number of hydrogen-bond acceptors (Lipinski definition) is 3. The van der Waals surface area contributed by atoms with E-state index in [0.29, 0.717) is 16.9 Å². The van der Waals surface area contributed by atoms with Crippen molar-refractivity contribution in [2.45, 2.75) is 57.2 Å². The Bertz CT molecular complexity index is 1750. The fourth-order valence-corrected chi connectivity index (χ4v) is 12.8. The zero-order valence-electron chi connectivity index (χ0n) is 23.2. The molecule has 0 fully saturated rings. The van der Waals surface area contributed by atoms with Crippen molar-refractivity contribution < 1.29 is 34.8 Å². The molecule has 222 valence electrons. The van der Waals surface area contributed by atoms with Gasteiger partial charge in [-0.15, -0.1) is 11.3 Å². The van der Waals surface area contributed by atoms with Gasteiger partial charge >= 0.3 is 17.8 Å². The lowest BCUT2D eigenvalue weighted by Crippen LogP contribution is -2.49. The highest BCUT2D eigenvalue weighted by Crippen LogP contribution is 2.66. The van der Waals surface area contributed by atoms with Crippen molar-refractivity contribution in [1.29, 1.82) is 0 Å². The number of rotatable bonds is 7. The molecule has 11 heteroatoms. The maximum atomic E-state index is 15.9. The fraction of sp³-hybridized carbons (Fsp3) is 0.290. The fourth-order valence-electron chi connectivity index (χ4n) is 5.59. The number of benzene rings is 2. The van der Waals surface area contributed by atoms with Crippen molar-refractivity contribution in [2.75, 3.05) is 0 Å². The maximum absolute atomic E-state index is 15.9. The minimum absolute atomic E-state index is 0.152. The second kappa shape index (κ2) is 10.1. The van der Waals surface area contributed by atoms with Gasteiger partial charge < -0.3 is 0 Å². The molecule has 3 aromatic rings. The number of thiophene rings is 1. The monoisotopic (exact) mass is 638 g/mol. The molecule has 42 heavy (non-hydrogen) atoms. The lowest BCUT2D eigenvalue weighted by Gasteiger charge is -2.26. The number of alkyl halides is 6. The van der Waals surface area contributed by atoms with Gasteiger partial charge in [-0.05, 0) is 40.8 Å². The van der Waals surface area contributed by atoms with Crippen LogP contribution in [-0.4, -0.2) is 34.3 Å². The molecular weight excluding hydrogens is 611 g/mol. The first-order valence-electron chi connectivity index (χ1n) is 13.3. The lowest BCUT2D eigenvalue weighted by molar-refractivity contribution is -0.259. The molecule has 0 N–H and O–H groups in total. The average Bonchev–Trinajstić information content (AvgIpc) is 3.47. The van der Waals surface area contributed by atoms with Crippen LogP contribution in [0.5, 0.6) is 0 Å². The standard InChI is InChI=1S/C31H28F6O2S2Si/c1-5-12-23-21(17-24(40-23)19-13-8-6-9-14-19)26-27(30(34,35)31(36,37)29(26,32)33)22-18-25(20-15-10-7-11-16-20)41(38,39)28(22)42(2,3)4/h6-11,13-18H,5,12H2,1-4H3. The molecular formula is C31H28F6O2S2Si. The van der Waals surface area contributed by atoms with E-state index in [4.69, 9.17) is 0 Å². The third-order valence-electron chi connectivity index (χ3n) is 7.37. The Morgan fingerprint density at radius 2 is 1.31 bits per heavy atom. The van der Waals surface area contributed by atoms with Crippen molar-refractivity contribution in [1.82, 2.24) is 0 Å². The summed E-state index contributed by atoms with van der Waals surface area (Å²) in [5.74, 6) is -16.4.